The number of nitrogens with two attached hydrogens (primary N) is 2. The van der Waals surface area contributed by atoms with E-state index in [-0.39, 0.29) is 0 Å². The summed E-state index contributed by atoms with van der Waals surface area (Å²) in [6.07, 6.45) is 6.32. The van der Waals surface area contributed by atoms with E-state index in [0.29, 0.717) is 0 Å². The first kappa shape index (κ1) is 15.9. The molecule has 0 radical (unpaired) electrons. The maximum atomic E-state index is 5.93. The Balaban J connectivity index is 2.21. The molecule has 0 aliphatic rings. The van der Waals surface area contributed by atoms with Crippen molar-refractivity contribution in [3.8, 4) is 10.4 Å². The van der Waals surface area contributed by atoms with Crippen LogP contribution in [-0.4, -0.2) is 0 Å². The Bertz CT molecular complexity index is 554. The smallest absolute Gasteiger partial charge is 0.0376 e. The lowest BCUT2D eigenvalue weighted by Gasteiger charge is -2.15. The van der Waals surface area contributed by atoms with Gasteiger partial charge in [0.15, 0.2) is 0 Å². The van der Waals surface area contributed by atoms with Crippen LogP contribution in [0.1, 0.15) is 45.1 Å². The molecule has 0 aliphatic heterocycles. The summed E-state index contributed by atoms with van der Waals surface area (Å²) in [7, 11) is 0. The number of benzene rings is 1. The summed E-state index contributed by atoms with van der Waals surface area (Å²) in [6, 6.07) is 8.12. The van der Waals surface area contributed by atoms with Crippen LogP contribution in [0, 0.1) is 5.92 Å². The zero-order valence-electron chi connectivity index (χ0n) is 13.1. The number of thiophene rings is 1. The van der Waals surface area contributed by atoms with E-state index in [1.165, 1.54) is 36.1 Å². The molecule has 3 heteroatoms. The lowest BCUT2D eigenvalue weighted by molar-refractivity contribution is 0.450. The average molecular weight is 302 g/mol. The van der Waals surface area contributed by atoms with Crippen molar-refractivity contribution in [1.82, 2.24) is 0 Å². The molecule has 1 aromatic heterocycles. The summed E-state index contributed by atoms with van der Waals surface area (Å²) in [5.74, 6) is 0.775. The van der Waals surface area contributed by atoms with E-state index in [9.17, 15) is 0 Å². The van der Waals surface area contributed by atoms with Gasteiger partial charge in [-0.2, -0.15) is 0 Å². The summed E-state index contributed by atoms with van der Waals surface area (Å²) in [4.78, 5) is 1.32. The van der Waals surface area contributed by atoms with Crippen molar-refractivity contribution in [3.63, 3.8) is 0 Å². The summed E-state index contributed by atoms with van der Waals surface area (Å²) >= 11 is 1.79. The Morgan fingerprint density at radius 2 is 1.81 bits per heavy atom. The first-order valence-corrected chi connectivity index (χ1v) is 8.74. The fourth-order valence-corrected chi connectivity index (χ4v) is 3.74. The van der Waals surface area contributed by atoms with E-state index >= 15 is 0 Å². The molecule has 0 fully saturated rings. The monoisotopic (exact) mass is 302 g/mol. The number of rotatable bonds is 7. The highest BCUT2D eigenvalue weighted by molar-refractivity contribution is 7.13. The molecule has 1 atom stereocenters. The van der Waals surface area contributed by atoms with Crippen LogP contribution < -0.4 is 11.5 Å². The SMILES string of the molecule is CCCCC(CC)Cc1ccsc1-c1cc(N)cc(N)c1. The zero-order chi connectivity index (χ0) is 15.2. The van der Waals surface area contributed by atoms with E-state index in [1.807, 2.05) is 18.2 Å². The molecular formula is C18H26N2S. The minimum Gasteiger partial charge on any atom is -0.399 e. The van der Waals surface area contributed by atoms with Crippen LogP contribution in [-0.2, 0) is 6.42 Å². The highest BCUT2D eigenvalue weighted by Gasteiger charge is 2.13. The van der Waals surface area contributed by atoms with Gasteiger partial charge in [0.1, 0.15) is 0 Å². The average Bonchev–Trinajstić information content (AvgIpc) is 2.90. The van der Waals surface area contributed by atoms with Crippen LogP contribution in [0.5, 0.6) is 0 Å². The van der Waals surface area contributed by atoms with Crippen molar-refractivity contribution in [2.45, 2.75) is 46.0 Å². The first-order valence-electron chi connectivity index (χ1n) is 7.86. The quantitative estimate of drug-likeness (QED) is 0.678. The Labute approximate surface area is 132 Å². The van der Waals surface area contributed by atoms with Gasteiger partial charge in [-0.05, 0) is 53.1 Å². The van der Waals surface area contributed by atoms with E-state index < -0.39 is 0 Å². The fourth-order valence-electron chi connectivity index (χ4n) is 2.81. The van der Waals surface area contributed by atoms with E-state index in [2.05, 4.69) is 25.3 Å². The second-order valence-electron chi connectivity index (χ2n) is 5.78. The number of hydrogen-bond donors (Lipinski definition) is 2. The van der Waals surface area contributed by atoms with Crippen molar-refractivity contribution in [2.75, 3.05) is 11.5 Å². The molecular weight excluding hydrogens is 276 g/mol. The second kappa shape index (κ2) is 7.51. The Hall–Kier alpha value is -1.48. The second-order valence-corrected chi connectivity index (χ2v) is 6.70. The van der Waals surface area contributed by atoms with Gasteiger partial charge in [0.05, 0.1) is 0 Å². The maximum absolute atomic E-state index is 5.93. The molecule has 0 amide bonds. The topological polar surface area (TPSA) is 52.0 Å². The van der Waals surface area contributed by atoms with Gasteiger partial charge in [0.2, 0.25) is 0 Å². The van der Waals surface area contributed by atoms with Crippen LogP contribution in [0.25, 0.3) is 10.4 Å². The number of hydrogen-bond acceptors (Lipinski definition) is 3. The van der Waals surface area contributed by atoms with E-state index in [0.717, 1.165) is 29.3 Å². The maximum Gasteiger partial charge on any atom is 0.0376 e. The summed E-state index contributed by atoms with van der Waals surface area (Å²) in [5, 5.41) is 2.18. The minimum atomic E-state index is 0.738. The van der Waals surface area contributed by atoms with Gasteiger partial charge in [-0.15, -0.1) is 11.3 Å². The standard InChI is InChI=1S/C18H26N2S/c1-3-5-6-13(4-2)9-14-7-8-21-18(14)15-10-16(19)12-17(20)11-15/h7-8,10-13H,3-6,9,19-20H2,1-2H3. The van der Waals surface area contributed by atoms with Crippen LogP contribution >= 0.6 is 11.3 Å². The molecule has 0 bridgehead atoms. The third-order valence-electron chi connectivity index (χ3n) is 4.04. The third kappa shape index (κ3) is 4.24. The summed E-state index contributed by atoms with van der Waals surface area (Å²) in [6.45, 7) is 4.56. The van der Waals surface area contributed by atoms with Crippen molar-refractivity contribution in [1.29, 1.82) is 0 Å². The van der Waals surface area contributed by atoms with Crippen LogP contribution in [0.4, 0.5) is 11.4 Å². The van der Waals surface area contributed by atoms with Crippen LogP contribution in [0.15, 0.2) is 29.6 Å². The van der Waals surface area contributed by atoms with Gasteiger partial charge in [-0.25, -0.2) is 0 Å². The summed E-state index contributed by atoms with van der Waals surface area (Å²) in [5.41, 5.74) is 15.9. The molecule has 2 aromatic rings. The number of unbranched alkanes of at least 4 members (excludes halogenated alkanes) is 1. The molecule has 2 rings (SSSR count). The third-order valence-corrected chi connectivity index (χ3v) is 5.04. The number of anilines is 2. The molecule has 114 valence electrons. The molecule has 0 aliphatic carbocycles. The van der Waals surface area contributed by atoms with Gasteiger partial charge in [0, 0.05) is 16.3 Å². The zero-order valence-corrected chi connectivity index (χ0v) is 13.9. The van der Waals surface area contributed by atoms with Gasteiger partial charge >= 0.3 is 0 Å². The van der Waals surface area contributed by atoms with Crippen molar-refractivity contribution in [2.24, 2.45) is 5.92 Å². The van der Waals surface area contributed by atoms with Gasteiger partial charge in [-0.3, -0.25) is 0 Å². The molecule has 1 aromatic carbocycles. The molecule has 2 nitrogen and oxygen atoms in total. The van der Waals surface area contributed by atoms with Crippen LogP contribution in [0.3, 0.4) is 0 Å². The van der Waals surface area contributed by atoms with Crippen molar-refractivity contribution >= 4 is 22.7 Å². The van der Waals surface area contributed by atoms with E-state index in [4.69, 9.17) is 11.5 Å². The molecule has 0 saturated carbocycles. The molecule has 4 N–H and O–H groups in total. The lowest BCUT2D eigenvalue weighted by atomic mass is 9.91. The molecule has 1 heterocycles. The Kier molecular flexibility index (Phi) is 5.68. The Morgan fingerprint density at radius 1 is 1.10 bits per heavy atom. The van der Waals surface area contributed by atoms with Gasteiger partial charge in [0.25, 0.3) is 0 Å². The summed E-state index contributed by atoms with van der Waals surface area (Å²) < 4.78 is 0. The predicted octanol–water partition coefficient (Wildman–Crippen LogP) is 5.34. The highest BCUT2D eigenvalue weighted by atomic mass is 32.1. The van der Waals surface area contributed by atoms with E-state index in [1.54, 1.807) is 11.3 Å². The molecule has 1 unspecified atom stereocenters. The normalized spacial score (nSPS) is 12.5. The predicted molar refractivity (Wildman–Crippen MR) is 95.6 cm³/mol. The molecule has 0 spiro atoms. The minimum absolute atomic E-state index is 0.738. The van der Waals surface area contributed by atoms with Crippen LogP contribution in [0.2, 0.25) is 0 Å². The van der Waals surface area contributed by atoms with Gasteiger partial charge in [-0.1, -0.05) is 39.5 Å². The molecule has 0 saturated heterocycles. The largest absolute Gasteiger partial charge is 0.399 e. The number of nitrogen functional groups attached to an aromatic ring is 2. The highest BCUT2D eigenvalue weighted by Crippen LogP contribution is 2.34. The first-order chi connectivity index (χ1) is 10.1. The fraction of sp³-hybridized carbons (Fsp3) is 0.444. The molecule has 21 heavy (non-hydrogen) atoms. The van der Waals surface area contributed by atoms with Crippen molar-refractivity contribution < 1.29 is 0 Å². The van der Waals surface area contributed by atoms with Gasteiger partial charge < -0.3 is 11.5 Å². The van der Waals surface area contributed by atoms with Crippen molar-refractivity contribution in [3.05, 3.63) is 35.2 Å². The lowest BCUT2D eigenvalue weighted by Crippen LogP contribution is -2.03. The Morgan fingerprint density at radius 3 is 2.43 bits per heavy atom.